The van der Waals surface area contributed by atoms with Crippen molar-refractivity contribution < 1.29 is 14.3 Å². The molecule has 0 fully saturated rings. The summed E-state index contributed by atoms with van der Waals surface area (Å²) >= 11 is 0. The van der Waals surface area contributed by atoms with E-state index in [9.17, 15) is 9.59 Å². The second-order valence-corrected chi connectivity index (χ2v) is 4.96. The first kappa shape index (κ1) is 16.9. The Kier molecular flexibility index (Phi) is 8.37. The number of rotatable bonds is 8. The van der Waals surface area contributed by atoms with Crippen LogP contribution in [-0.2, 0) is 14.3 Å². The summed E-state index contributed by atoms with van der Waals surface area (Å²) in [5.74, 6) is -0.402. The van der Waals surface area contributed by atoms with E-state index in [1.54, 1.807) is 0 Å². The summed E-state index contributed by atoms with van der Waals surface area (Å²) in [6, 6.07) is -1.15. The smallest absolute Gasteiger partial charge is 0.328 e. The number of carbonyl (C=O) groups excluding carboxylic acids is 2. The van der Waals surface area contributed by atoms with Crippen LogP contribution in [0.2, 0.25) is 0 Å². The molecule has 0 aromatic carbocycles. The molecule has 0 heterocycles. The fourth-order valence-corrected chi connectivity index (χ4v) is 1.66. The highest BCUT2D eigenvalue weighted by atomic mass is 16.5. The van der Waals surface area contributed by atoms with E-state index in [-0.39, 0.29) is 5.91 Å². The predicted octanol–water partition coefficient (Wildman–Crippen LogP) is 1.21. The zero-order valence-corrected chi connectivity index (χ0v) is 11.9. The van der Waals surface area contributed by atoms with Gasteiger partial charge in [-0.25, -0.2) is 4.79 Å². The van der Waals surface area contributed by atoms with Crippen LogP contribution in [0.15, 0.2) is 0 Å². The molecule has 0 saturated carbocycles. The molecule has 0 saturated heterocycles. The van der Waals surface area contributed by atoms with Crippen molar-refractivity contribution in [2.75, 3.05) is 7.11 Å². The molecular weight excluding hydrogens is 232 g/mol. The van der Waals surface area contributed by atoms with Crippen molar-refractivity contribution in [3.05, 3.63) is 0 Å². The Bertz CT molecular complexity index is 267. The molecule has 0 aliphatic carbocycles. The van der Waals surface area contributed by atoms with E-state index in [1.165, 1.54) is 7.11 Å². The zero-order chi connectivity index (χ0) is 14.1. The van der Waals surface area contributed by atoms with Crippen LogP contribution in [0, 0.1) is 5.92 Å². The number of amides is 1. The van der Waals surface area contributed by atoms with Crippen molar-refractivity contribution in [3.8, 4) is 0 Å². The Morgan fingerprint density at radius 3 is 2.39 bits per heavy atom. The van der Waals surface area contributed by atoms with E-state index in [1.807, 2.05) is 20.8 Å². The van der Waals surface area contributed by atoms with Gasteiger partial charge >= 0.3 is 5.97 Å². The Hall–Kier alpha value is -1.10. The molecular formula is C13H26N2O3. The van der Waals surface area contributed by atoms with Gasteiger partial charge < -0.3 is 15.8 Å². The van der Waals surface area contributed by atoms with Gasteiger partial charge in [0.05, 0.1) is 13.2 Å². The minimum Gasteiger partial charge on any atom is -0.467 e. The molecule has 1 amide bonds. The summed E-state index contributed by atoms with van der Waals surface area (Å²) < 4.78 is 4.68. The van der Waals surface area contributed by atoms with Gasteiger partial charge in [0.1, 0.15) is 6.04 Å². The monoisotopic (exact) mass is 258 g/mol. The van der Waals surface area contributed by atoms with Crippen LogP contribution < -0.4 is 11.1 Å². The summed E-state index contributed by atoms with van der Waals surface area (Å²) in [6.07, 6.45) is 3.09. The number of carbonyl (C=O) groups is 2. The number of unbranched alkanes of at least 4 members (excludes halogenated alkanes) is 1. The zero-order valence-electron chi connectivity index (χ0n) is 11.9. The Labute approximate surface area is 109 Å². The van der Waals surface area contributed by atoms with Crippen LogP contribution in [-0.4, -0.2) is 31.1 Å². The van der Waals surface area contributed by atoms with Gasteiger partial charge in [-0.15, -0.1) is 0 Å². The third-order valence-corrected chi connectivity index (χ3v) is 2.71. The maximum atomic E-state index is 11.8. The van der Waals surface area contributed by atoms with Crippen LogP contribution in [0.1, 0.15) is 46.5 Å². The number of methoxy groups -OCH3 is 1. The highest BCUT2D eigenvalue weighted by Crippen LogP contribution is 2.07. The molecule has 0 radical (unpaired) electrons. The highest BCUT2D eigenvalue weighted by Gasteiger charge is 2.24. The first-order chi connectivity index (χ1) is 8.42. The molecule has 0 aliphatic heterocycles. The minimum atomic E-state index is -0.602. The molecule has 18 heavy (non-hydrogen) atoms. The number of ether oxygens (including phenoxy) is 1. The van der Waals surface area contributed by atoms with Crippen LogP contribution in [0.4, 0.5) is 0 Å². The molecule has 0 aromatic rings. The molecule has 0 aliphatic rings. The maximum absolute atomic E-state index is 11.8. The van der Waals surface area contributed by atoms with Gasteiger partial charge in [-0.3, -0.25) is 4.79 Å². The molecule has 5 heteroatoms. The van der Waals surface area contributed by atoms with Crippen molar-refractivity contribution in [3.63, 3.8) is 0 Å². The van der Waals surface area contributed by atoms with Crippen LogP contribution in [0.3, 0.4) is 0 Å². The van der Waals surface area contributed by atoms with Crippen LogP contribution >= 0.6 is 0 Å². The lowest BCUT2D eigenvalue weighted by Crippen LogP contribution is -2.49. The SMILES string of the molecule is CCCCC(N)C(=O)NC(CC(C)C)C(=O)OC. The molecule has 2 unspecified atom stereocenters. The number of hydrogen-bond acceptors (Lipinski definition) is 4. The van der Waals surface area contributed by atoms with Gasteiger partial charge in [0, 0.05) is 0 Å². The summed E-state index contributed by atoms with van der Waals surface area (Å²) in [7, 11) is 1.32. The number of nitrogens with one attached hydrogen (secondary N) is 1. The second-order valence-electron chi connectivity index (χ2n) is 4.96. The third-order valence-electron chi connectivity index (χ3n) is 2.71. The van der Waals surface area contributed by atoms with Gasteiger partial charge in [-0.05, 0) is 18.8 Å². The molecule has 3 N–H and O–H groups in total. The summed E-state index contributed by atoms with van der Waals surface area (Å²) in [5.41, 5.74) is 5.76. The highest BCUT2D eigenvalue weighted by molar-refractivity contribution is 5.87. The van der Waals surface area contributed by atoms with E-state index >= 15 is 0 Å². The van der Waals surface area contributed by atoms with Gasteiger partial charge in [0.25, 0.3) is 0 Å². The maximum Gasteiger partial charge on any atom is 0.328 e. The Morgan fingerprint density at radius 2 is 1.94 bits per heavy atom. The molecule has 0 rings (SSSR count). The quantitative estimate of drug-likeness (QED) is 0.641. The number of esters is 1. The predicted molar refractivity (Wildman–Crippen MR) is 70.9 cm³/mol. The lowest BCUT2D eigenvalue weighted by atomic mass is 10.0. The molecule has 0 aromatic heterocycles. The van der Waals surface area contributed by atoms with E-state index < -0.39 is 18.1 Å². The fourth-order valence-electron chi connectivity index (χ4n) is 1.66. The van der Waals surface area contributed by atoms with Crippen molar-refractivity contribution >= 4 is 11.9 Å². The largest absolute Gasteiger partial charge is 0.467 e. The van der Waals surface area contributed by atoms with Crippen molar-refractivity contribution in [2.24, 2.45) is 11.7 Å². The van der Waals surface area contributed by atoms with Gasteiger partial charge in [-0.2, -0.15) is 0 Å². The standard InChI is InChI=1S/C13H26N2O3/c1-5-6-7-10(14)12(16)15-11(8-9(2)3)13(17)18-4/h9-11H,5-8,14H2,1-4H3,(H,15,16). The molecule has 0 bridgehead atoms. The average Bonchev–Trinajstić information content (AvgIpc) is 2.33. The van der Waals surface area contributed by atoms with Gasteiger partial charge in [0.2, 0.25) is 5.91 Å². The topological polar surface area (TPSA) is 81.4 Å². The fraction of sp³-hybridized carbons (Fsp3) is 0.846. The first-order valence-corrected chi connectivity index (χ1v) is 6.56. The molecule has 106 valence electrons. The van der Waals surface area contributed by atoms with E-state index in [2.05, 4.69) is 10.1 Å². The molecule has 0 spiro atoms. The molecule has 5 nitrogen and oxygen atoms in total. The van der Waals surface area contributed by atoms with Crippen molar-refractivity contribution in [1.82, 2.24) is 5.32 Å². The summed E-state index contributed by atoms with van der Waals surface area (Å²) in [6.45, 7) is 6.01. The van der Waals surface area contributed by atoms with Crippen molar-refractivity contribution in [1.29, 1.82) is 0 Å². The third kappa shape index (κ3) is 6.59. The average molecular weight is 258 g/mol. The number of hydrogen-bond donors (Lipinski definition) is 2. The summed E-state index contributed by atoms with van der Waals surface area (Å²) in [4.78, 5) is 23.4. The lowest BCUT2D eigenvalue weighted by Gasteiger charge is -2.20. The molecule has 2 atom stereocenters. The summed E-state index contributed by atoms with van der Waals surface area (Å²) in [5, 5.41) is 2.67. The Balaban J connectivity index is 4.38. The normalized spacial score (nSPS) is 14.1. The van der Waals surface area contributed by atoms with Gasteiger partial charge in [0.15, 0.2) is 0 Å². The first-order valence-electron chi connectivity index (χ1n) is 6.56. The van der Waals surface area contributed by atoms with E-state index in [4.69, 9.17) is 5.73 Å². The Morgan fingerprint density at radius 1 is 1.33 bits per heavy atom. The van der Waals surface area contributed by atoms with Crippen LogP contribution in [0.25, 0.3) is 0 Å². The second kappa shape index (κ2) is 8.91. The van der Waals surface area contributed by atoms with E-state index in [0.717, 1.165) is 12.8 Å². The number of nitrogens with two attached hydrogens (primary N) is 1. The van der Waals surface area contributed by atoms with Gasteiger partial charge in [-0.1, -0.05) is 33.6 Å². The van der Waals surface area contributed by atoms with Crippen LogP contribution in [0.5, 0.6) is 0 Å². The van der Waals surface area contributed by atoms with E-state index in [0.29, 0.717) is 18.8 Å². The van der Waals surface area contributed by atoms with Crippen molar-refractivity contribution in [2.45, 2.75) is 58.5 Å². The lowest BCUT2D eigenvalue weighted by molar-refractivity contribution is -0.145. The minimum absolute atomic E-state index is 0.278.